The first kappa shape index (κ1) is 7.68. The van der Waals surface area contributed by atoms with Gasteiger partial charge >= 0.3 is 0 Å². The summed E-state index contributed by atoms with van der Waals surface area (Å²) in [5, 5.41) is 8.20. The number of rotatable bonds is 1. The van der Waals surface area contributed by atoms with E-state index in [4.69, 9.17) is 4.74 Å². The molecule has 1 aromatic rings. The SMILES string of the molecule is Cc1nnc([C@H]2CO2)c(C)c1C. The lowest BCUT2D eigenvalue weighted by Crippen LogP contribution is -2.01. The van der Waals surface area contributed by atoms with E-state index in [1.807, 2.05) is 6.92 Å². The monoisotopic (exact) mass is 164 g/mol. The summed E-state index contributed by atoms with van der Waals surface area (Å²) in [6.07, 6.45) is 0.219. The summed E-state index contributed by atoms with van der Waals surface area (Å²) in [6, 6.07) is 0. The van der Waals surface area contributed by atoms with Gasteiger partial charge in [0.1, 0.15) is 6.10 Å². The molecule has 2 heterocycles. The minimum absolute atomic E-state index is 0.219. The molecular formula is C9H12N2O. The molecule has 1 aliphatic rings. The van der Waals surface area contributed by atoms with E-state index in [-0.39, 0.29) is 6.10 Å². The maximum absolute atomic E-state index is 5.17. The molecule has 0 unspecified atom stereocenters. The molecule has 2 rings (SSSR count). The van der Waals surface area contributed by atoms with Crippen LogP contribution in [0.3, 0.4) is 0 Å². The molecule has 64 valence electrons. The Bertz CT molecular complexity index is 319. The molecule has 1 atom stereocenters. The lowest BCUT2D eigenvalue weighted by Gasteiger charge is -2.05. The largest absolute Gasteiger partial charge is 0.366 e. The molecule has 0 aromatic carbocycles. The minimum atomic E-state index is 0.219. The number of hydrogen-bond donors (Lipinski definition) is 0. The number of aromatic nitrogens is 2. The summed E-state index contributed by atoms with van der Waals surface area (Å²) < 4.78 is 5.17. The van der Waals surface area contributed by atoms with Gasteiger partial charge in [-0.1, -0.05) is 0 Å². The van der Waals surface area contributed by atoms with Crippen molar-refractivity contribution in [3.63, 3.8) is 0 Å². The lowest BCUT2D eigenvalue weighted by molar-refractivity contribution is 0.408. The second-order valence-corrected chi connectivity index (χ2v) is 3.24. The third-order valence-electron chi connectivity index (χ3n) is 2.44. The topological polar surface area (TPSA) is 38.3 Å². The lowest BCUT2D eigenvalue weighted by atomic mass is 10.1. The zero-order chi connectivity index (χ0) is 8.72. The molecule has 0 bridgehead atoms. The van der Waals surface area contributed by atoms with Crippen LogP contribution >= 0.6 is 0 Å². The molecule has 1 fully saturated rings. The first-order chi connectivity index (χ1) is 5.70. The van der Waals surface area contributed by atoms with Crippen LogP contribution in [0.1, 0.15) is 28.6 Å². The third kappa shape index (κ3) is 1.10. The average molecular weight is 164 g/mol. The summed E-state index contributed by atoms with van der Waals surface area (Å²) in [4.78, 5) is 0. The maximum atomic E-state index is 5.17. The molecule has 3 nitrogen and oxygen atoms in total. The van der Waals surface area contributed by atoms with Crippen LogP contribution in [0.5, 0.6) is 0 Å². The van der Waals surface area contributed by atoms with E-state index < -0.39 is 0 Å². The van der Waals surface area contributed by atoms with Gasteiger partial charge in [-0.15, -0.1) is 0 Å². The Morgan fingerprint density at radius 3 is 2.42 bits per heavy atom. The van der Waals surface area contributed by atoms with E-state index in [0.717, 1.165) is 18.0 Å². The van der Waals surface area contributed by atoms with Crippen LogP contribution in [0.25, 0.3) is 0 Å². The van der Waals surface area contributed by atoms with Crippen LogP contribution in [0.2, 0.25) is 0 Å². The quantitative estimate of drug-likeness (QED) is 0.590. The Balaban J connectivity index is 2.49. The Morgan fingerprint density at radius 1 is 1.17 bits per heavy atom. The van der Waals surface area contributed by atoms with Crippen LogP contribution in [0.15, 0.2) is 0 Å². The smallest absolute Gasteiger partial charge is 0.125 e. The van der Waals surface area contributed by atoms with Gasteiger partial charge in [0, 0.05) is 0 Å². The van der Waals surface area contributed by atoms with Gasteiger partial charge in [-0.3, -0.25) is 0 Å². The first-order valence-corrected chi connectivity index (χ1v) is 4.12. The molecular weight excluding hydrogens is 152 g/mol. The van der Waals surface area contributed by atoms with Crippen LogP contribution in [-0.4, -0.2) is 16.8 Å². The Kier molecular flexibility index (Phi) is 1.61. The van der Waals surface area contributed by atoms with Gasteiger partial charge in [-0.05, 0) is 31.9 Å². The van der Waals surface area contributed by atoms with Gasteiger partial charge in [0.15, 0.2) is 0 Å². The number of ether oxygens (including phenoxy) is 1. The van der Waals surface area contributed by atoms with E-state index in [1.165, 1.54) is 11.1 Å². The van der Waals surface area contributed by atoms with Crippen molar-refractivity contribution in [1.82, 2.24) is 10.2 Å². The minimum Gasteiger partial charge on any atom is -0.366 e. The van der Waals surface area contributed by atoms with E-state index in [0.29, 0.717) is 0 Å². The molecule has 0 radical (unpaired) electrons. The summed E-state index contributed by atoms with van der Waals surface area (Å²) in [5.74, 6) is 0. The van der Waals surface area contributed by atoms with E-state index in [1.54, 1.807) is 0 Å². The predicted octanol–water partition coefficient (Wildman–Crippen LogP) is 1.47. The highest BCUT2D eigenvalue weighted by Crippen LogP contribution is 2.31. The van der Waals surface area contributed by atoms with Crippen molar-refractivity contribution >= 4 is 0 Å². The molecule has 12 heavy (non-hydrogen) atoms. The molecule has 3 heteroatoms. The molecule has 0 saturated carbocycles. The number of epoxide rings is 1. The standard InChI is InChI=1S/C9H12N2O/c1-5-6(2)9(8-4-12-8)11-10-7(5)3/h8H,4H2,1-3H3/t8-/m1/s1. The molecule has 0 amide bonds. The third-order valence-corrected chi connectivity index (χ3v) is 2.44. The number of nitrogens with zero attached hydrogens (tertiary/aromatic N) is 2. The second kappa shape index (κ2) is 2.52. The fourth-order valence-corrected chi connectivity index (χ4v) is 1.25. The Morgan fingerprint density at radius 2 is 1.83 bits per heavy atom. The Hall–Kier alpha value is -0.960. The molecule has 1 aromatic heterocycles. The van der Waals surface area contributed by atoms with Crippen LogP contribution in [0, 0.1) is 20.8 Å². The fraction of sp³-hybridized carbons (Fsp3) is 0.556. The van der Waals surface area contributed by atoms with Crippen molar-refractivity contribution in [2.24, 2.45) is 0 Å². The second-order valence-electron chi connectivity index (χ2n) is 3.24. The summed E-state index contributed by atoms with van der Waals surface area (Å²) in [5.41, 5.74) is 4.48. The van der Waals surface area contributed by atoms with E-state index in [9.17, 15) is 0 Å². The van der Waals surface area contributed by atoms with Crippen molar-refractivity contribution in [2.45, 2.75) is 26.9 Å². The summed E-state index contributed by atoms with van der Waals surface area (Å²) in [7, 11) is 0. The van der Waals surface area contributed by atoms with Gasteiger partial charge in [0.2, 0.25) is 0 Å². The van der Waals surface area contributed by atoms with Crippen molar-refractivity contribution in [3.05, 3.63) is 22.5 Å². The number of hydrogen-bond acceptors (Lipinski definition) is 3. The van der Waals surface area contributed by atoms with Crippen molar-refractivity contribution < 1.29 is 4.74 Å². The van der Waals surface area contributed by atoms with Gasteiger partial charge in [-0.2, -0.15) is 10.2 Å². The van der Waals surface area contributed by atoms with Crippen LogP contribution < -0.4 is 0 Å². The van der Waals surface area contributed by atoms with Crippen molar-refractivity contribution in [2.75, 3.05) is 6.61 Å². The van der Waals surface area contributed by atoms with Gasteiger partial charge in [0.25, 0.3) is 0 Å². The van der Waals surface area contributed by atoms with Gasteiger partial charge in [0.05, 0.1) is 18.0 Å². The van der Waals surface area contributed by atoms with E-state index >= 15 is 0 Å². The van der Waals surface area contributed by atoms with Crippen LogP contribution in [0.4, 0.5) is 0 Å². The molecule has 0 aliphatic carbocycles. The van der Waals surface area contributed by atoms with Crippen molar-refractivity contribution in [3.8, 4) is 0 Å². The average Bonchev–Trinajstić information content (AvgIpc) is 2.84. The van der Waals surface area contributed by atoms with E-state index in [2.05, 4.69) is 24.0 Å². The highest BCUT2D eigenvalue weighted by Gasteiger charge is 2.29. The zero-order valence-electron chi connectivity index (χ0n) is 7.59. The normalized spacial score (nSPS) is 21.1. The van der Waals surface area contributed by atoms with Crippen molar-refractivity contribution in [1.29, 1.82) is 0 Å². The molecule has 0 N–H and O–H groups in total. The zero-order valence-corrected chi connectivity index (χ0v) is 7.59. The molecule has 1 saturated heterocycles. The predicted molar refractivity (Wildman–Crippen MR) is 44.9 cm³/mol. The Labute approximate surface area is 71.8 Å². The summed E-state index contributed by atoms with van der Waals surface area (Å²) in [6.45, 7) is 6.93. The maximum Gasteiger partial charge on any atom is 0.125 e. The van der Waals surface area contributed by atoms with Gasteiger partial charge in [-0.25, -0.2) is 0 Å². The first-order valence-electron chi connectivity index (χ1n) is 4.12. The molecule has 1 aliphatic heterocycles. The highest BCUT2D eigenvalue weighted by molar-refractivity contribution is 5.32. The van der Waals surface area contributed by atoms with Gasteiger partial charge < -0.3 is 4.74 Å². The number of aryl methyl sites for hydroxylation is 1. The highest BCUT2D eigenvalue weighted by atomic mass is 16.6. The summed E-state index contributed by atoms with van der Waals surface area (Å²) >= 11 is 0. The van der Waals surface area contributed by atoms with Crippen LogP contribution in [-0.2, 0) is 4.74 Å². The molecule has 0 spiro atoms. The fourth-order valence-electron chi connectivity index (χ4n) is 1.25.